The van der Waals surface area contributed by atoms with Gasteiger partial charge in [0.25, 0.3) is 0 Å². The van der Waals surface area contributed by atoms with E-state index in [0.717, 1.165) is 6.42 Å². The molecule has 0 rings (SSSR count). The number of nitrogens with two attached hydrogens (primary N) is 1. The van der Waals surface area contributed by atoms with Gasteiger partial charge in [0.05, 0.1) is 0 Å². The van der Waals surface area contributed by atoms with Crippen LogP contribution in [0.3, 0.4) is 0 Å². The molecule has 0 bridgehead atoms. The Morgan fingerprint density at radius 1 is 1.20 bits per heavy atom. The molecule has 3 amide bonds. The summed E-state index contributed by atoms with van der Waals surface area (Å²) in [6, 6.07) is -2.56. The summed E-state index contributed by atoms with van der Waals surface area (Å²) in [5.74, 6) is -1.72. The lowest BCUT2D eigenvalue weighted by molar-refractivity contribution is -0.142. The summed E-state index contributed by atoms with van der Waals surface area (Å²) in [4.78, 5) is 34.2. The van der Waals surface area contributed by atoms with Gasteiger partial charge in [-0.1, -0.05) is 40.0 Å². The number of carbonyl (C=O) groups excluding carboxylic acids is 2. The van der Waals surface area contributed by atoms with Crippen LogP contribution in [0.1, 0.15) is 46.5 Å². The number of primary amides is 1. The van der Waals surface area contributed by atoms with Gasteiger partial charge in [-0.05, 0) is 12.3 Å². The van der Waals surface area contributed by atoms with Gasteiger partial charge < -0.3 is 21.5 Å². The molecule has 0 aromatic heterocycles. The minimum Gasteiger partial charge on any atom is -0.480 e. The molecule has 0 spiro atoms. The molecule has 7 nitrogen and oxygen atoms in total. The molecule has 0 aromatic rings. The Morgan fingerprint density at radius 3 is 2.20 bits per heavy atom. The molecule has 0 saturated carbocycles. The van der Waals surface area contributed by atoms with Gasteiger partial charge in [-0.25, -0.2) is 9.59 Å². The molecular formula is C13H25N3O4. The van der Waals surface area contributed by atoms with Crippen molar-refractivity contribution in [3.05, 3.63) is 0 Å². The number of nitrogens with one attached hydrogen (secondary N) is 2. The van der Waals surface area contributed by atoms with Crippen LogP contribution < -0.4 is 16.4 Å². The predicted molar refractivity (Wildman–Crippen MR) is 75.1 cm³/mol. The van der Waals surface area contributed by atoms with Crippen LogP contribution in [0.25, 0.3) is 0 Å². The van der Waals surface area contributed by atoms with Crippen molar-refractivity contribution in [2.24, 2.45) is 11.7 Å². The first kappa shape index (κ1) is 18.2. The minimum atomic E-state index is -1.08. The van der Waals surface area contributed by atoms with Crippen LogP contribution >= 0.6 is 0 Å². The molecule has 7 heteroatoms. The van der Waals surface area contributed by atoms with Crippen LogP contribution in [-0.2, 0) is 9.59 Å². The summed E-state index contributed by atoms with van der Waals surface area (Å²) in [5.41, 5.74) is 5.05. The predicted octanol–water partition coefficient (Wildman–Crippen LogP) is 0.829. The van der Waals surface area contributed by atoms with E-state index in [2.05, 4.69) is 10.6 Å². The summed E-state index contributed by atoms with van der Waals surface area (Å²) >= 11 is 0. The highest BCUT2D eigenvalue weighted by Gasteiger charge is 2.28. The molecule has 0 radical (unpaired) electrons. The van der Waals surface area contributed by atoms with Crippen LogP contribution in [0.5, 0.6) is 0 Å². The van der Waals surface area contributed by atoms with Gasteiger partial charge in [0.15, 0.2) is 0 Å². The van der Waals surface area contributed by atoms with Crippen LogP contribution in [0, 0.1) is 5.92 Å². The maximum atomic E-state index is 12.1. The summed E-state index contributed by atoms with van der Waals surface area (Å²) in [6.45, 7) is 5.61. The number of hydrogen-bond donors (Lipinski definition) is 4. The number of urea groups is 1. The first-order valence-electron chi connectivity index (χ1n) is 6.92. The summed E-state index contributed by atoms with van der Waals surface area (Å²) in [7, 11) is 0. The van der Waals surface area contributed by atoms with E-state index in [4.69, 9.17) is 10.8 Å². The van der Waals surface area contributed by atoms with Crippen LogP contribution in [0.15, 0.2) is 0 Å². The van der Waals surface area contributed by atoms with E-state index in [1.807, 2.05) is 13.8 Å². The van der Waals surface area contributed by atoms with E-state index in [9.17, 15) is 14.4 Å². The van der Waals surface area contributed by atoms with Gasteiger partial charge in [0.2, 0.25) is 5.91 Å². The van der Waals surface area contributed by atoms with E-state index in [-0.39, 0.29) is 5.92 Å². The molecule has 0 aliphatic carbocycles. The highest BCUT2D eigenvalue weighted by Crippen LogP contribution is 2.09. The molecular weight excluding hydrogens is 262 g/mol. The largest absolute Gasteiger partial charge is 0.480 e. The standard InChI is InChI=1S/C13H25N3O4/c1-4-6-7-9(12(18)19)15-11(17)10(8(3)5-2)16-13(14)20/h8-10H,4-7H2,1-3H3,(H,15,17)(H,18,19)(H3,14,16,20)/t8?,9-,10?/m0/s1. The van der Waals surface area contributed by atoms with E-state index in [1.54, 1.807) is 6.92 Å². The van der Waals surface area contributed by atoms with E-state index >= 15 is 0 Å². The number of hydrogen-bond acceptors (Lipinski definition) is 3. The zero-order valence-corrected chi connectivity index (χ0v) is 12.3. The fraction of sp³-hybridized carbons (Fsp3) is 0.769. The van der Waals surface area contributed by atoms with E-state index in [0.29, 0.717) is 19.3 Å². The summed E-state index contributed by atoms with van der Waals surface area (Å²) < 4.78 is 0. The van der Waals surface area contributed by atoms with Crippen molar-refractivity contribution in [2.75, 3.05) is 0 Å². The van der Waals surface area contributed by atoms with Gasteiger partial charge in [0.1, 0.15) is 12.1 Å². The lowest BCUT2D eigenvalue weighted by Gasteiger charge is -2.24. The summed E-state index contributed by atoms with van der Waals surface area (Å²) in [6.07, 6.45) is 2.56. The second kappa shape index (κ2) is 9.17. The molecule has 116 valence electrons. The maximum absolute atomic E-state index is 12.1. The SMILES string of the molecule is CCCC[C@H](NC(=O)C(NC(N)=O)C(C)CC)C(=O)O. The molecule has 5 N–H and O–H groups in total. The molecule has 2 unspecified atom stereocenters. The monoisotopic (exact) mass is 287 g/mol. The Kier molecular flexibility index (Phi) is 8.35. The Balaban J connectivity index is 4.77. The lowest BCUT2D eigenvalue weighted by atomic mass is 9.98. The number of carboxylic acid groups (broad SMARTS) is 1. The van der Waals surface area contributed by atoms with Gasteiger partial charge in [-0.15, -0.1) is 0 Å². The number of carbonyl (C=O) groups is 3. The zero-order chi connectivity index (χ0) is 15.7. The third kappa shape index (κ3) is 6.40. The fourth-order valence-corrected chi connectivity index (χ4v) is 1.78. The Labute approximate surface area is 119 Å². The molecule has 0 heterocycles. The Morgan fingerprint density at radius 2 is 1.80 bits per heavy atom. The molecule has 0 saturated heterocycles. The van der Waals surface area contributed by atoms with Crippen LogP contribution in [0.4, 0.5) is 4.79 Å². The van der Waals surface area contributed by atoms with Crippen molar-refractivity contribution in [1.82, 2.24) is 10.6 Å². The van der Waals surface area contributed by atoms with Crippen molar-refractivity contribution >= 4 is 17.9 Å². The van der Waals surface area contributed by atoms with Crippen molar-refractivity contribution in [3.63, 3.8) is 0 Å². The van der Waals surface area contributed by atoms with Crippen molar-refractivity contribution < 1.29 is 19.5 Å². The number of carboxylic acids is 1. The Bertz CT molecular complexity index is 347. The zero-order valence-electron chi connectivity index (χ0n) is 12.3. The normalized spacial score (nSPS) is 14.9. The highest BCUT2D eigenvalue weighted by molar-refractivity contribution is 5.89. The van der Waals surface area contributed by atoms with Crippen molar-refractivity contribution in [2.45, 2.75) is 58.5 Å². The molecule has 0 fully saturated rings. The molecule has 0 aliphatic heterocycles. The minimum absolute atomic E-state index is 0.136. The molecule has 0 aliphatic rings. The molecule has 3 atom stereocenters. The highest BCUT2D eigenvalue weighted by atomic mass is 16.4. The van der Waals surface area contributed by atoms with Gasteiger partial charge >= 0.3 is 12.0 Å². The number of amides is 3. The smallest absolute Gasteiger partial charge is 0.326 e. The first-order valence-corrected chi connectivity index (χ1v) is 6.92. The molecule has 20 heavy (non-hydrogen) atoms. The second-order valence-corrected chi connectivity index (χ2v) is 4.91. The van der Waals surface area contributed by atoms with Gasteiger partial charge in [0, 0.05) is 0 Å². The number of unbranched alkanes of at least 4 members (excludes halogenated alkanes) is 1. The lowest BCUT2D eigenvalue weighted by Crippen LogP contribution is -2.55. The Hall–Kier alpha value is -1.79. The first-order chi connectivity index (χ1) is 9.33. The van der Waals surface area contributed by atoms with Gasteiger partial charge in [-0.2, -0.15) is 0 Å². The average Bonchev–Trinajstić information content (AvgIpc) is 2.38. The third-order valence-corrected chi connectivity index (χ3v) is 3.25. The van der Waals surface area contributed by atoms with Crippen LogP contribution in [-0.4, -0.2) is 35.1 Å². The molecule has 0 aromatic carbocycles. The average molecular weight is 287 g/mol. The second-order valence-electron chi connectivity index (χ2n) is 4.91. The fourth-order valence-electron chi connectivity index (χ4n) is 1.78. The quantitative estimate of drug-likeness (QED) is 0.501. The summed E-state index contributed by atoms with van der Waals surface area (Å²) in [5, 5.41) is 13.9. The third-order valence-electron chi connectivity index (χ3n) is 3.25. The van der Waals surface area contributed by atoms with E-state index in [1.165, 1.54) is 0 Å². The maximum Gasteiger partial charge on any atom is 0.326 e. The number of aliphatic carboxylic acids is 1. The van der Waals surface area contributed by atoms with Crippen LogP contribution in [0.2, 0.25) is 0 Å². The van der Waals surface area contributed by atoms with Crippen molar-refractivity contribution in [1.29, 1.82) is 0 Å². The van der Waals surface area contributed by atoms with Gasteiger partial charge in [-0.3, -0.25) is 4.79 Å². The number of rotatable bonds is 9. The topological polar surface area (TPSA) is 122 Å². The van der Waals surface area contributed by atoms with E-state index < -0.39 is 30.0 Å². The van der Waals surface area contributed by atoms with Crippen molar-refractivity contribution in [3.8, 4) is 0 Å².